The standard InChI is InChI=1S/C12H26N2O/c1-4-12(15)11(2)14(3)10-8-6-5-7-9-13/h11H,4-10,13H2,1-3H3. The highest BCUT2D eigenvalue weighted by molar-refractivity contribution is 5.83. The van der Waals surface area contributed by atoms with Gasteiger partial charge in [-0.1, -0.05) is 19.8 Å². The van der Waals surface area contributed by atoms with Crippen LogP contribution in [0.4, 0.5) is 0 Å². The van der Waals surface area contributed by atoms with E-state index in [0.29, 0.717) is 12.2 Å². The fourth-order valence-electron chi connectivity index (χ4n) is 1.59. The maximum Gasteiger partial charge on any atom is 0.149 e. The third-order valence-electron chi connectivity index (χ3n) is 2.94. The molecule has 0 spiro atoms. The maximum atomic E-state index is 11.4. The Bertz CT molecular complexity index is 171. The Labute approximate surface area is 94.0 Å². The fourth-order valence-corrected chi connectivity index (χ4v) is 1.59. The summed E-state index contributed by atoms with van der Waals surface area (Å²) in [5.41, 5.74) is 5.42. The summed E-state index contributed by atoms with van der Waals surface area (Å²) >= 11 is 0. The van der Waals surface area contributed by atoms with Crippen molar-refractivity contribution >= 4 is 5.78 Å². The zero-order chi connectivity index (χ0) is 11.7. The first-order valence-electron chi connectivity index (χ1n) is 6.06. The first-order valence-corrected chi connectivity index (χ1v) is 6.06. The molecule has 15 heavy (non-hydrogen) atoms. The lowest BCUT2D eigenvalue weighted by atomic mass is 10.1. The number of carbonyl (C=O) groups is 1. The van der Waals surface area contributed by atoms with E-state index in [0.717, 1.165) is 25.9 Å². The predicted molar refractivity (Wildman–Crippen MR) is 64.9 cm³/mol. The van der Waals surface area contributed by atoms with Gasteiger partial charge in [0.2, 0.25) is 0 Å². The molecule has 0 aliphatic carbocycles. The Morgan fingerprint density at radius 2 is 1.87 bits per heavy atom. The van der Waals surface area contributed by atoms with Crippen molar-refractivity contribution < 1.29 is 4.79 Å². The van der Waals surface area contributed by atoms with Gasteiger partial charge >= 0.3 is 0 Å². The van der Waals surface area contributed by atoms with Crippen molar-refractivity contribution in [2.75, 3.05) is 20.1 Å². The summed E-state index contributed by atoms with van der Waals surface area (Å²) < 4.78 is 0. The molecule has 0 heterocycles. The molecule has 1 atom stereocenters. The molecule has 0 aliphatic heterocycles. The van der Waals surface area contributed by atoms with Crippen LogP contribution in [0, 0.1) is 0 Å². The highest BCUT2D eigenvalue weighted by atomic mass is 16.1. The largest absolute Gasteiger partial charge is 0.330 e. The number of hydrogen-bond donors (Lipinski definition) is 1. The minimum absolute atomic E-state index is 0.0736. The van der Waals surface area contributed by atoms with Gasteiger partial charge in [0.1, 0.15) is 5.78 Å². The normalized spacial score (nSPS) is 13.1. The van der Waals surface area contributed by atoms with Crippen molar-refractivity contribution in [2.45, 2.75) is 52.0 Å². The number of nitrogens with zero attached hydrogens (tertiary/aromatic N) is 1. The molecule has 90 valence electrons. The molecule has 0 radical (unpaired) electrons. The monoisotopic (exact) mass is 214 g/mol. The summed E-state index contributed by atoms with van der Waals surface area (Å²) in [6.07, 6.45) is 5.35. The third kappa shape index (κ3) is 6.63. The fraction of sp³-hybridized carbons (Fsp3) is 0.917. The van der Waals surface area contributed by atoms with E-state index in [9.17, 15) is 4.79 Å². The summed E-state index contributed by atoms with van der Waals surface area (Å²) in [5, 5.41) is 0. The van der Waals surface area contributed by atoms with Crippen molar-refractivity contribution in [1.29, 1.82) is 0 Å². The highest BCUT2D eigenvalue weighted by Gasteiger charge is 2.14. The first kappa shape index (κ1) is 14.6. The Hall–Kier alpha value is -0.410. The zero-order valence-corrected chi connectivity index (χ0v) is 10.5. The first-order chi connectivity index (χ1) is 7.13. The van der Waals surface area contributed by atoms with E-state index in [1.807, 2.05) is 20.9 Å². The molecule has 0 aromatic heterocycles. The number of likely N-dealkylation sites (N-methyl/N-ethyl adjacent to an activating group) is 1. The second-order valence-corrected chi connectivity index (χ2v) is 4.18. The summed E-state index contributed by atoms with van der Waals surface area (Å²) in [6.45, 7) is 5.72. The minimum atomic E-state index is 0.0736. The number of rotatable bonds is 9. The molecule has 0 saturated heterocycles. The topological polar surface area (TPSA) is 46.3 Å². The molecule has 0 rings (SSSR count). The minimum Gasteiger partial charge on any atom is -0.330 e. The van der Waals surface area contributed by atoms with Crippen LogP contribution < -0.4 is 5.73 Å². The van der Waals surface area contributed by atoms with E-state index in [1.165, 1.54) is 12.8 Å². The SMILES string of the molecule is CCC(=O)C(C)N(C)CCCCCCN. The summed E-state index contributed by atoms with van der Waals surface area (Å²) in [7, 11) is 2.03. The molecule has 2 N–H and O–H groups in total. The van der Waals surface area contributed by atoms with E-state index >= 15 is 0 Å². The van der Waals surface area contributed by atoms with E-state index in [4.69, 9.17) is 5.73 Å². The zero-order valence-electron chi connectivity index (χ0n) is 10.5. The molecular weight excluding hydrogens is 188 g/mol. The van der Waals surface area contributed by atoms with Crippen LogP contribution in [-0.4, -0.2) is 36.9 Å². The molecule has 0 aromatic carbocycles. The predicted octanol–water partition coefficient (Wildman–Crippen LogP) is 1.80. The molecule has 0 aliphatic rings. The average molecular weight is 214 g/mol. The number of nitrogens with two attached hydrogens (primary N) is 1. The Kier molecular flexibility index (Phi) is 8.62. The van der Waals surface area contributed by atoms with E-state index in [1.54, 1.807) is 0 Å². The van der Waals surface area contributed by atoms with Gasteiger partial charge in [0, 0.05) is 6.42 Å². The van der Waals surface area contributed by atoms with Gasteiger partial charge in [0.05, 0.1) is 6.04 Å². The van der Waals surface area contributed by atoms with E-state index < -0.39 is 0 Å². The molecule has 3 heteroatoms. The Balaban J connectivity index is 3.55. The van der Waals surface area contributed by atoms with Crippen LogP contribution in [0.2, 0.25) is 0 Å². The lowest BCUT2D eigenvalue weighted by Gasteiger charge is -2.22. The molecule has 0 saturated carbocycles. The van der Waals surface area contributed by atoms with Crippen LogP contribution in [0.3, 0.4) is 0 Å². The van der Waals surface area contributed by atoms with Crippen molar-refractivity contribution in [2.24, 2.45) is 5.73 Å². The summed E-state index contributed by atoms with van der Waals surface area (Å²) in [6, 6.07) is 0.0736. The van der Waals surface area contributed by atoms with Gasteiger partial charge in [0.15, 0.2) is 0 Å². The summed E-state index contributed by atoms with van der Waals surface area (Å²) in [5.74, 6) is 0.333. The van der Waals surface area contributed by atoms with Crippen molar-refractivity contribution in [1.82, 2.24) is 4.90 Å². The van der Waals surface area contributed by atoms with Gasteiger partial charge in [-0.15, -0.1) is 0 Å². The van der Waals surface area contributed by atoms with Gasteiger partial charge in [-0.3, -0.25) is 9.69 Å². The van der Waals surface area contributed by atoms with Crippen LogP contribution in [0.5, 0.6) is 0 Å². The number of carbonyl (C=O) groups excluding carboxylic acids is 1. The molecule has 0 amide bonds. The number of unbranched alkanes of at least 4 members (excludes halogenated alkanes) is 3. The van der Waals surface area contributed by atoms with Gasteiger partial charge in [-0.05, 0) is 39.9 Å². The van der Waals surface area contributed by atoms with Crippen LogP contribution in [0.25, 0.3) is 0 Å². The highest BCUT2D eigenvalue weighted by Crippen LogP contribution is 2.04. The number of Topliss-reactive ketones (excluding diaryl/α,β-unsaturated/α-hetero) is 1. The molecular formula is C12H26N2O. The number of hydrogen-bond acceptors (Lipinski definition) is 3. The molecule has 3 nitrogen and oxygen atoms in total. The Morgan fingerprint density at radius 1 is 1.27 bits per heavy atom. The van der Waals surface area contributed by atoms with Gasteiger partial charge in [-0.2, -0.15) is 0 Å². The van der Waals surface area contributed by atoms with Gasteiger partial charge in [0.25, 0.3) is 0 Å². The Morgan fingerprint density at radius 3 is 2.40 bits per heavy atom. The van der Waals surface area contributed by atoms with Crippen LogP contribution >= 0.6 is 0 Å². The molecule has 0 fully saturated rings. The van der Waals surface area contributed by atoms with Crippen LogP contribution in [0.15, 0.2) is 0 Å². The lowest BCUT2D eigenvalue weighted by molar-refractivity contribution is -0.123. The van der Waals surface area contributed by atoms with Crippen LogP contribution in [0.1, 0.15) is 46.0 Å². The van der Waals surface area contributed by atoms with E-state index in [-0.39, 0.29) is 6.04 Å². The van der Waals surface area contributed by atoms with Crippen molar-refractivity contribution in [3.05, 3.63) is 0 Å². The average Bonchev–Trinajstić information content (AvgIpc) is 2.26. The van der Waals surface area contributed by atoms with Crippen LogP contribution in [-0.2, 0) is 4.79 Å². The molecule has 1 unspecified atom stereocenters. The lowest BCUT2D eigenvalue weighted by Crippen LogP contribution is -2.36. The summed E-state index contributed by atoms with van der Waals surface area (Å²) in [4.78, 5) is 13.6. The maximum absolute atomic E-state index is 11.4. The molecule has 0 bridgehead atoms. The molecule has 0 aromatic rings. The second kappa shape index (κ2) is 8.86. The van der Waals surface area contributed by atoms with Gasteiger partial charge in [-0.25, -0.2) is 0 Å². The van der Waals surface area contributed by atoms with E-state index in [2.05, 4.69) is 4.90 Å². The number of ketones is 1. The smallest absolute Gasteiger partial charge is 0.149 e. The quantitative estimate of drug-likeness (QED) is 0.595. The second-order valence-electron chi connectivity index (χ2n) is 4.18. The third-order valence-corrected chi connectivity index (χ3v) is 2.94. The van der Waals surface area contributed by atoms with Gasteiger partial charge < -0.3 is 5.73 Å². The van der Waals surface area contributed by atoms with Crippen molar-refractivity contribution in [3.63, 3.8) is 0 Å². The van der Waals surface area contributed by atoms with Crippen molar-refractivity contribution in [3.8, 4) is 0 Å².